The first-order valence-corrected chi connectivity index (χ1v) is 10.8. The Morgan fingerprint density at radius 2 is 1.79 bits per heavy atom. The molecule has 2 aliphatic rings. The van der Waals surface area contributed by atoms with Crippen molar-refractivity contribution in [3.05, 3.63) is 0 Å². The zero-order chi connectivity index (χ0) is 18.0. The molecule has 2 aliphatic heterocycles. The average Bonchev–Trinajstić information content (AvgIpc) is 2.55. The molecule has 2 fully saturated rings. The van der Waals surface area contributed by atoms with E-state index < -0.39 is 10.0 Å². The number of nitrogens with zero attached hydrogens (tertiary/aromatic N) is 2. The van der Waals surface area contributed by atoms with Crippen molar-refractivity contribution in [2.45, 2.75) is 58.9 Å². The highest BCUT2D eigenvalue weighted by molar-refractivity contribution is 7.89. The molecule has 140 valence electrons. The van der Waals surface area contributed by atoms with E-state index in [-0.39, 0.29) is 29.0 Å². The van der Waals surface area contributed by atoms with Crippen LogP contribution in [0.1, 0.15) is 52.9 Å². The van der Waals surface area contributed by atoms with Crippen LogP contribution in [0.5, 0.6) is 0 Å². The van der Waals surface area contributed by atoms with Crippen LogP contribution in [0.3, 0.4) is 0 Å². The quantitative estimate of drug-likeness (QED) is 0.804. The van der Waals surface area contributed by atoms with Gasteiger partial charge in [0.15, 0.2) is 0 Å². The van der Waals surface area contributed by atoms with Crippen molar-refractivity contribution in [1.29, 1.82) is 0 Å². The topological polar surface area (TPSA) is 83.7 Å². The summed E-state index contributed by atoms with van der Waals surface area (Å²) in [6.07, 6.45) is 3.68. The number of likely N-dealkylation sites (tertiary alicyclic amines) is 1. The number of sulfonamides is 1. The van der Waals surface area contributed by atoms with Crippen LogP contribution in [-0.4, -0.2) is 61.5 Å². The smallest absolute Gasteiger partial charge is 0.225 e. The third-order valence-corrected chi connectivity index (χ3v) is 7.53. The van der Waals surface area contributed by atoms with Gasteiger partial charge in [0, 0.05) is 38.1 Å². The van der Waals surface area contributed by atoms with E-state index in [4.69, 9.17) is 5.73 Å². The van der Waals surface area contributed by atoms with Gasteiger partial charge in [-0.25, -0.2) is 12.7 Å². The van der Waals surface area contributed by atoms with Crippen molar-refractivity contribution >= 4 is 15.9 Å². The van der Waals surface area contributed by atoms with E-state index in [0.29, 0.717) is 38.9 Å². The number of hydrogen-bond acceptors (Lipinski definition) is 4. The van der Waals surface area contributed by atoms with Gasteiger partial charge in [0.2, 0.25) is 15.9 Å². The van der Waals surface area contributed by atoms with Crippen LogP contribution in [-0.2, 0) is 14.8 Å². The molecule has 2 N–H and O–H groups in total. The maximum atomic E-state index is 12.8. The molecular formula is C17H33N3O3S. The molecule has 1 amide bonds. The van der Waals surface area contributed by atoms with Gasteiger partial charge in [0.05, 0.1) is 5.75 Å². The first kappa shape index (κ1) is 19.7. The summed E-state index contributed by atoms with van der Waals surface area (Å²) in [6.45, 7) is 8.57. The van der Waals surface area contributed by atoms with Crippen molar-refractivity contribution in [3.8, 4) is 0 Å². The van der Waals surface area contributed by atoms with Crippen LogP contribution in [0.25, 0.3) is 0 Å². The molecule has 2 saturated heterocycles. The predicted octanol–water partition coefficient (Wildman–Crippen LogP) is 1.41. The minimum atomic E-state index is -3.15. The van der Waals surface area contributed by atoms with Crippen LogP contribution in [0.4, 0.5) is 0 Å². The predicted molar refractivity (Wildman–Crippen MR) is 95.9 cm³/mol. The van der Waals surface area contributed by atoms with E-state index in [1.54, 1.807) is 4.31 Å². The SMILES string of the molecule is CCCCS(=O)(=O)N1CCC(C(=O)N2CCC(N)C(C)(C)C2)CC1. The molecule has 0 aliphatic carbocycles. The van der Waals surface area contributed by atoms with Crippen molar-refractivity contribution in [3.63, 3.8) is 0 Å². The molecule has 2 heterocycles. The van der Waals surface area contributed by atoms with Crippen LogP contribution in [0.15, 0.2) is 0 Å². The van der Waals surface area contributed by atoms with E-state index in [1.165, 1.54) is 0 Å². The number of hydrogen-bond donors (Lipinski definition) is 1. The highest BCUT2D eigenvalue weighted by Crippen LogP contribution is 2.30. The van der Waals surface area contributed by atoms with E-state index >= 15 is 0 Å². The maximum absolute atomic E-state index is 12.8. The van der Waals surface area contributed by atoms with Gasteiger partial charge >= 0.3 is 0 Å². The molecule has 0 aromatic rings. The van der Waals surface area contributed by atoms with E-state index in [1.807, 2.05) is 11.8 Å². The average molecular weight is 360 g/mol. The third kappa shape index (κ3) is 4.49. The summed E-state index contributed by atoms with van der Waals surface area (Å²) in [7, 11) is -3.15. The Bertz CT molecular complexity index is 539. The zero-order valence-electron chi connectivity index (χ0n) is 15.3. The summed E-state index contributed by atoms with van der Waals surface area (Å²) in [5.41, 5.74) is 6.09. The number of piperidine rings is 2. The lowest BCUT2D eigenvalue weighted by atomic mass is 9.79. The standard InChI is InChI=1S/C17H33N3O3S/c1-4-5-12-24(22,23)20-10-6-14(7-11-20)16(21)19-9-8-15(18)17(2,3)13-19/h14-15H,4-13,18H2,1-3H3. The summed E-state index contributed by atoms with van der Waals surface area (Å²) >= 11 is 0. The summed E-state index contributed by atoms with van der Waals surface area (Å²) in [6, 6.07) is 0.132. The maximum Gasteiger partial charge on any atom is 0.225 e. The Hall–Kier alpha value is -0.660. The molecule has 0 radical (unpaired) electrons. The van der Waals surface area contributed by atoms with E-state index in [9.17, 15) is 13.2 Å². The van der Waals surface area contributed by atoms with Gasteiger partial charge in [-0.05, 0) is 31.1 Å². The Morgan fingerprint density at radius 3 is 2.33 bits per heavy atom. The fraction of sp³-hybridized carbons (Fsp3) is 0.941. The van der Waals surface area contributed by atoms with Crippen molar-refractivity contribution < 1.29 is 13.2 Å². The van der Waals surface area contributed by atoms with Gasteiger partial charge in [-0.3, -0.25) is 4.79 Å². The largest absolute Gasteiger partial charge is 0.342 e. The summed E-state index contributed by atoms with van der Waals surface area (Å²) in [4.78, 5) is 14.7. The highest BCUT2D eigenvalue weighted by atomic mass is 32.2. The molecule has 7 heteroatoms. The molecule has 0 aromatic heterocycles. The van der Waals surface area contributed by atoms with Crippen molar-refractivity contribution in [1.82, 2.24) is 9.21 Å². The number of carbonyl (C=O) groups excluding carboxylic acids is 1. The van der Waals surface area contributed by atoms with Crippen LogP contribution < -0.4 is 5.73 Å². The lowest BCUT2D eigenvalue weighted by Gasteiger charge is -2.44. The van der Waals surface area contributed by atoms with Gasteiger partial charge in [-0.1, -0.05) is 27.2 Å². The first-order chi connectivity index (χ1) is 11.2. The van der Waals surface area contributed by atoms with Gasteiger partial charge in [-0.2, -0.15) is 0 Å². The number of amides is 1. The minimum absolute atomic E-state index is 0.0484. The molecule has 1 atom stereocenters. The third-order valence-electron chi connectivity index (χ3n) is 5.58. The molecule has 1 unspecified atom stereocenters. The molecule has 0 aromatic carbocycles. The van der Waals surface area contributed by atoms with Gasteiger partial charge in [-0.15, -0.1) is 0 Å². The van der Waals surface area contributed by atoms with E-state index in [0.717, 1.165) is 19.4 Å². The number of rotatable bonds is 5. The molecule has 0 saturated carbocycles. The molecule has 6 nitrogen and oxygen atoms in total. The minimum Gasteiger partial charge on any atom is -0.342 e. The number of carbonyl (C=O) groups is 1. The lowest BCUT2D eigenvalue weighted by Crippen LogP contribution is -2.55. The normalized spacial score (nSPS) is 26.5. The molecular weight excluding hydrogens is 326 g/mol. The Balaban J connectivity index is 1.89. The summed E-state index contributed by atoms with van der Waals surface area (Å²) in [5, 5.41) is 0. The number of nitrogens with two attached hydrogens (primary N) is 1. The zero-order valence-corrected chi connectivity index (χ0v) is 16.1. The highest BCUT2D eigenvalue weighted by Gasteiger charge is 2.38. The van der Waals surface area contributed by atoms with Gasteiger partial charge in [0.25, 0.3) is 0 Å². The molecule has 0 bridgehead atoms. The summed E-state index contributed by atoms with van der Waals surface area (Å²) in [5.74, 6) is 0.355. The second-order valence-corrected chi connectivity index (χ2v) is 10.1. The summed E-state index contributed by atoms with van der Waals surface area (Å²) < 4.78 is 26.1. The second-order valence-electron chi connectivity index (χ2n) is 7.99. The van der Waals surface area contributed by atoms with E-state index in [2.05, 4.69) is 13.8 Å². The first-order valence-electron chi connectivity index (χ1n) is 9.19. The Kier molecular flexibility index (Phi) is 6.31. The lowest BCUT2D eigenvalue weighted by molar-refractivity contribution is -0.140. The fourth-order valence-electron chi connectivity index (χ4n) is 3.66. The molecule has 2 rings (SSSR count). The van der Waals surface area contributed by atoms with Crippen molar-refractivity contribution in [2.24, 2.45) is 17.1 Å². The van der Waals surface area contributed by atoms with Gasteiger partial charge in [0.1, 0.15) is 0 Å². The monoisotopic (exact) mass is 359 g/mol. The van der Waals surface area contributed by atoms with Crippen LogP contribution in [0, 0.1) is 11.3 Å². The Labute approximate surface area is 146 Å². The molecule has 0 spiro atoms. The van der Waals surface area contributed by atoms with Gasteiger partial charge < -0.3 is 10.6 Å². The second kappa shape index (κ2) is 7.70. The van der Waals surface area contributed by atoms with Crippen molar-refractivity contribution in [2.75, 3.05) is 31.9 Å². The number of unbranched alkanes of at least 4 members (excludes halogenated alkanes) is 1. The fourth-order valence-corrected chi connectivity index (χ4v) is 5.34. The van der Waals surface area contributed by atoms with Crippen LogP contribution >= 0.6 is 0 Å². The Morgan fingerprint density at radius 1 is 1.17 bits per heavy atom. The van der Waals surface area contributed by atoms with Crippen LogP contribution in [0.2, 0.25) is 0 Å². The molecule has 24 heavy (non-hydrogen) atoms.